The summed E-state index contributed by atoms with van der Waals surface area (Å²) in [5.74, 6) is 1.03. The van der Waals surface area contributed by atoms with Gasteiger partial charge in [-0.2, -0.15) is 0 Å². The minimum Gasteiger partial charge on any atom is -0.326 e. The lowest BCUT2D eigenvalue weighted by Gasteiger charge is -2.27. The smallest absolute Gasteiger partial charge is 0.251 e. The van der Waals surface area contributed by atoms with E-state index in [4.69, 9.17) is 0 Å². The number of hydrogen-bond donors (Lipinski definition) is 2. The maximum atomic E-state index is 12.6. The van der Waals surface area contributed by atoms with Crippen LogP contribution >= 0.6 is 0 Å². The molecule has 140 valence electrons. The van der Waals surface area contributed by atoms with Gasteiger partial charge in [-0.05, 0) is 63.1 Å². The van der Waals surface area contributed by atoms with Crippen LogP contribution in [0.15, 0.2) is 23.0 Å². The molecule has 0 spiro atoms. The average molecular weight is 354 g/mol. The van der Waals surface area contributed by atoms with Gasteiger partial charge in [0.2, 0.25) is 5.91 Å². The first-order chi connectivity index (χ1) is 12.5. The molecule has 1 aliphatic carbocycles. The number of pyridine rings is 1. The summed E-state index contributed by atoms with van der Waals surface area (Å²) in [6, 6.07) is 5.77. The van der Waals surface area contributed by atoms with Crippen molar-refractivity contribution in [2.75, 3.05) is 5.32 Å². The summed E-state index contributed by atoms with van der Waals surface area (Å²) in [5.41, 5.74) is 3.21. The third kappa shape index (κ3) is 4.00. The van der Waals surface area contributed by atoms with E-state index in [1.807, 2.05) is 32.0 Å². The number of nitrogens with one attached hydrogen (secondary N) is 2. The summed E-state index contributed by atoms with van der Waals surface area (Å²) >= 11 is 0. The van der Waals surface area contributed by atoms with Crippen LogP contribution in [0.2, 0.25) is 0 Å². The number of benzene rings is 1. The number of hydrogen-bond acceptors (Lipinski definition) is 2. The fourth-order valence-electron chi connectivity index (χ4n) is 4.09. The normalized spacial score (nSPS) is 20.3. The molecular formula is C22H30N2O2. The molecular weight excluding hydrogens is 324 g/mol. The molecule has 2 aromatic rings. The maximum Gasteiger partial charge on any atom is 0.251 e. The van der Waals surface area contributed by atoms with E-state index >= 15 is 0 Å². The van der Waals surface area contributed by atoms with Crippen LogP contribution in [0.3, 0.4) is 0 Å². The van der Waals surface area contributed by atoms with Gasteiger partial charge in [0.15, 0.2) is 0 Å². The molecule has 1 saturated carbocycles. The number of aromatic nitrogens is 1. The Morgan fingerprint density at radius 2 is 1.88 bits per heavy atom. The summed E-state index contributed by atoms with van der Waals surface area (Å²) in [6.45, 7) is 6.03. The van der Waals surface area contributed by atoms with E-state index in [1.54, 1.807) is 0 Å². The second kappa shape index (κ2) is 8.07. The monoisotopic (exact) mass is 354 g/mol. The van der Waals surface area contributed by atoms with Gasteiger partial charge < -0.3 is 10.3 Å². The highest BCUT2D eigenvalue weighted by molar-refractivity contribution is 5.95. The van der Waals surface area contributed by atoms with Crippen molar-refractivity contribution in [2.24, 2.45) is 11.8 Å². The maximum absolute atomic E-state index is 12.6. The number of unbranched alkanes of at least 4 members (excludes halogenated alkanes) is 1. The van der Waals surface area contributed by atoms with Crippen molar-refractivity contribution in [3.8, 4) is 0 Å². The fourth-order valence-corrected chi connectivity index (χ4v) is 4.09. The van der Waals surface area contributed by atoms with Gasteiger partial charge in [0.1, 0.15) is 0 Å². The Bertz CT molecular complexity index is 845. The topological polar surface area (TPSA) is 62.0 Å². The van der Waals surface area contributed by atoms with Crippen molar-refractivity contribution in [3.63, 3.8) is 0 Å². The van der Waals surface area contributed by atoms with Gasteiger partial charge in [0.25, 0.3) is 5.56 Å². The van der Waals surface area contributed by atoms with Crippen molar-refractivity contribution in [2.45, 2.75) is 65.7 Å². The van der Waals surface area contributed by atoms with Crippen molar-refractivity contribution >= 4 is 22.5 Å². The van der Waals surface area contributed by atoms with Gasteiger partial charge in [0.05, 0.1) is 5.52 Å². The van der Waals surface area contributed by atoms with E-state index in [-0.39, 0.29) is 17.4 Å². The predicted molar refractivity (Wildman–Crippen MR) is 108 cm³/mol. The van der Waals surface area contributed by atoms with Crippen LogP contribution in [0.25, 0.3) is 10.9 Å². The number of rotatable bonds is 5. The Morgan fingerprint density at radius 3 is 2.58 bits per heavy atom. The van der Waals surface area contributed by atoms with Crippen LogP contribution in [0, 0.1) is 25.7 Å². The van der Waals surface area contributed by atoms with Gasteiger partial charge in [-0.25, -0.2) is 0 Å². The third-order valence-electron chi connectivity index (χ3n) is 6.03. The largest absolute Gasteiger partial charge is 0.326 e. The van der Waals surface area contributed by atoms with E-state index in [1.165, 1.54) is 32.1 Å². The molecule has 0 aliphatic heterocycles. The molecule has 1 aromatic heterocycles. The Labute approximate surface area is 155 Å². The molecule has 0 saturated heterocycles. The van der Waals surface area contributed by atoms with Crippen LogP contribution in [-0.4, -0.2) is 10.9 Å². The van der Waals surface area contributed by atoms with Crippen LogP contribution in [0.1, 0.15) is 63.0 Å². The Hall–Kier alpha value is -2.10. The molecule has 0 radical (unpaired) electrons. The highest BCUT2D eigenvalue weighted by Gasteiger charge is 2.26. The summed E-state index contributed by atoms with van der Waals surface area (Å²) < 4.78 is 0. The van der Waals surface area contributed by atoms with Crippen molar-refractivity contribution in [1.82, 2.24) is 4.98 Å². The molecule has 4 heteroatoms. The molecule has 2 N–H and O–H groups in total. The second-order valence-corrected chi connectivity index (χ2v) is 7.81. The zero-order valence-corrected chi connectivity index (χ0v) is 16.2. The highest BCUT2D eigenvalue weighted by Crippen LogP contribution is 2.32. The van der Waals surface area contributed by atoms with Crippen molar-refractivity contribution < 1.29 is 4.79 Å². The number of H-pyrrole nitrogens is 1. The first kappa shape index (κ1) is 18.7. The van der Waals surface area contributed by atoms with Gasteiger partial charge in [-0.15, -0.1) is 0 Å². The van der Waals surface area contributed by atoms with Crippen molar-refractivity contribution in [1.29, 1.82) is 0 Å². The van der Waals surface area contributed by atoms with Gasteiger partial charge in [-0.1, -0.05) is 32.3 Å². The van der Waals surface area contributed by atoms with E-state index < -0.39 is 0 Å². The van der Waals surface area contributed by atoms with Crippen LogP contribution < -0.4 is 10.9 Å². The Balaban J connectivity index is 1.66. The van der Waals surface area contributed by atoms with E-state index in [9.17, 15) is 9.59 Å². The van der Waals surface area contributed by atoms with Crippen molar-refractivity contribution in [3.05, 3.63) is 39.7 Å². The van der Waals surface area contributed by atoms with Crippen LogP contribution in [-0.2, 0) is 4.79 Å². The van der Waals surface area contributed by atoms with E-state index in [0.29, 0.717) is 0 Å². The average Bonchev–Trinajstić information content (AvgIpc) is 2.65. The molecule has 0 unspecified atom stereocenters. The Morgan fingerprint density at radius 1 is 1.15 bits per heavy atom. The SMILES string of the molecule is CCCCC1CCC(C(=O)Nc2ccc3c(C)c(C)c(=O)[nH]c3c2)CC1. The first-order valence-corrected chi connectivity index (χ1v) is 9.93. The number of amides is 1. The van der Waals surface area contributed by atoms with E-state index in [0.717, 1.165) is 46.5 Å². The molecule has 0 atom stereocenters. The number of aromatic amines is 1. The molecule has 0 bridgehead atoms. The minimum atomic E-state index is -0.0659. The zero-order valence-electron chi connectivity index (χ0n) is 16.2. The van der Waals surface area contributed by atoms with Crippen LogP contribution in [0.5, 0.6) is 0 Å². The van der Waals surface area contributed by atoms with Crippen LogP contribution in [0.4, 0.5) is 5.69 Å². The number of anilines is 1. The summed E-state index contributed by atoms with van der Waals surface area (Å²) in [7, 11) is 0. The first-order valence-electron chi connectivity index (χ1n) is 9.93. The number of fused-ring (bicyclic) bond motifs is 1. The fraction of sp³-hybridized carbons (Fsp3) is 0.545. The summed E-state index contributed by atoms with van der Waals surface area (Å²) in [5, 5.41) is 4.08. The predicted octanol–water partition coefficient (Wildman–Crippen LogP) is 5.08. The molecule has 1 aromatic carbocycles. The molecule has 1 heterocycles. The minimum absolute atomic E-state index is 0.0659. The molecule has 1 fully saturated rings. The quantitative estimate of drug-likeness (QED) is 0.786. The second-order valence-electron chi connectivity index (χ2n) is 7.81. The molecule has 26 heavy (non-hydrogen) atoms. The number of carbonyl (C=O) groups excluding carboxylic acids is 1. The Kier molecular flexibility index (Phi) is 5.80. The van der Waals surface area contributed by atoms with Gasteiger partial charge in [0, 0.05) is 22.6 Å². The molecule has 1 aliphatic rings. The van der Waals surface area contributed by atoms with Gasteiger partial charge in [-0.3, -0.25) is 9.59 Å². The van der Waals surface area contributed by atoms with Gasteiger partial charge >= 0.3 is 0 Å². The third-order valence-corrected chi connectivity index (χ3v) is 6.03. The lowest BCUT2D eigenvalue weighted by molar-refractivity contribution is -0.121. The number of carbonyl (C=O) groups is 1. The zero-order chi connectivity index (χ0) is 18.7. The summed E-state index contributed by atoms with van der Waals surface area (Å²) in [4.78, 5) is 27.5. The highest BCUT2D eigenvalue weighted by atomic mass is 16.2. The summed E-state index contributed by atoms with van der Waals surface area (Å²) in [6.07, 6.45) is 8.18. The molecule has 4 nitrogen and oxygen atoms in total. The standard InChI is InChI=1S/C22H30N2O2/c1-4-5-6-16-7-9-17(10-8-16)22(26)23-18-11-12-19-14(2)15(3)21(25)24-20(19)13-18/h11-13,16-17H,4-10H2,1-3H3,(H,23,26)(H,24,25). The number of aryl methyl sites for hydroxylation is 1. The lowest BCUT2D eigenvalue weighted by Crippen LogP contribution is -2.27. The van der Waals surface area contributed by atoms with E-state index in [2.05, 4.69) is 17.2 Å². The molecule has 3 rings (SSSR count). The lowest BCUT2D eigenvalue weighted by atomic mass is 9.79. The molecule has 1 amide bonds.